The van der Waals surface area contributed by atoms with Gasteiger partial charge in [0.1, 0.15) is 5.82 Å². The summed E-state index contributed by atoms with van der Waals surface area (Å²) in [5.41, 5.74) is 1.31. The molecule has 2 rings (SSSR count). The number of aromatic nitrogens is 2. The van der Waals surface area contributed by atoms with Crippen molar-refractivity contribution >= 4 is 5.91 Å². The van der Waals surface area contributed by atoms with E-state index in [1.165, 1.54) is 24.5 Å². The highest BCUT2D eigenvalue weighted by molar-refractivity contribution is 5.93. The number of halogens is 1. The fraction of sp³-hybridized carbons (Fsp3) is 0.154. The van der Waals surface area contributed by atoms with E-state index in [-0.39, 0.29) is 11.7 Å². The molecular formula is C13H12FN3O. The number of nitrogens with zero attached hydrogens (tertiary/aromatic N) is 2. The van der Waals surface area contributed by atoms with Crippen LogP contribution in [-0.2, 0) is 6.42 Å². The Balaban J connectivity index is 1.84. The maximum absolute atomic E-state index is 12.9. The Kier molecular flexibility index (Phi) is 3.96. The Labute approximate surface area is 104 Å². The molecule has 1 amide bonds. The lowest BCUT2D eigenvalue weighted by Crippen LogP contribution is -2.25. The highest BCUT2D eigenvalue weighted by Crippen LogP contribution is 2.03. The summed E-state index contributed by atoms with van der Waals surface area (Å²) in [4.78, 5) is 11.6. The summed E-state index contributed by atoms with van der Waals surface area (Å²) in [6, 6.07) is 7.91. The van der Waals surface area contributed by atoms with Crippen molar-refractivity contribution < 1.29 is 9.18 Å². The van der Waals surface area contributed by atoms with E-state index >= 15 is 0 Å². The predicted octanol–water partition coefficient (Wildman–Crippen LogP) is 1.59. The molecule has 0 saturated heterocycles. The summed E-state index contributed by atoms with van der Waals surface area (Å²) in [6.45, 7) is 0.449. The number of nitrogens with one attached hydrogen (secondary N) is 1. The third kappa shape index (κ3) is 3.35. The zero-order valence-electron chi connectivity index (χ0n) is 9.64. The van der Waals surface area contributed by atoms with Gasteiger partial charge in [0.2, 0.25) is 0 Å². The van der Waals surface area contributed by atoms with Crippen LogP contribution in [0.1, 0.15) is 15.9 Å². The second-order valence-electron chi connectivity index (χ2n) is 3.77. The van der Waals surface area contributed by atoms with E-state index in [0.29, 0.717) is 18.5 Å². The van der Waals surface area contributed by atoms with Gasteiger partial charge in [0, 0.05) is 6.54 Å². The third-order valence-electron chi connectivity index (χ3n) is 2.43. The average Bonchev–Trinajstić information content (AvgIpc) is 2.40. The van der Waals surface area contributed by atoms with Crippen molar-refractivity contribution in [2.75, 3.05) is 6.54 Å². The van der Waals surface area contributed by atoms with Crippen LogP contribution in [0.2, 0.25) is 0 Å². The molecule has 0 aliphatic heterocycles. The van der Waals surface area contributed by atoms with Gasteiger partial charge in [-0.15, -0.1) is 0 Å². The molecule has 0 aliphatic carbocycles. The van der Waals surface area contributed by atoms with E-state index in [1.54, 1.807) is 12.1 Å². The first-order chi connectivity index (χ1) is 8.75. The van der Waals surface area contributed by atoms with Gasteiger partial charge in [-0.05, 0) is 30.2 Å². The van der Waals surface area contributed by atoms with Crippen LogP contribution >= 0.6 is 0 Å². The summed E-state index contributed by atoms with van der Waals surface area (Å²) in [6.07, 6.45) is 3.45. The van der Waals surface area contributed by atoms with Gasteiger partial charge in [-0.1, -0.05) is 12.1 Å². The number of hydrogen-bond acceptors (Lipinski definition) is 3. The fourth-order valence-electron chi connectivity index (χ4n) is 1.54. The van der Waals surface area contributed by atoms with E-state index < -0.39 is 0 Å². The zero-order chi connectivity index (χ0) is 12.8. The molecule has 5 heteroatoms. The highest BCUT2D eigenvalue weighted by atomic mass is 19.1. The van der Waals surface area contributed by atoms with Crippen molar-refractivity contribution in [3.8, 4) is 0 Å². The maximum atomic E-state index is 12.9. The monoisotopic (exact) mass is 245 g/mol. The molecule has 1 N–H and O–H groups in total. The molecule has 0 radical (unpaired) electrons. The fourth-order valence-corrected chi connectivity index (χ4v) is 1.54. The standard InChI is InChI=1S/C13H12FN3O/c14-12-3-1-2-10(8-12)4-6-15-13(18)11-5-7-16-17-9-11/h1-3,5,7-9H,4,6H2,(H,15,18). The third-order valence-corrected chi connectivity index (χ3v) is 2.43. The first-order valence-corrected chi connectivity index (χ1v) is 5.55. The van der Waals surface area contributed by atoms with Crippen molar-refractivity contribution in [1.29, 1.82) is 0 Å². The molecule has 0 spiro atoms. The number of rotatable bonds is 4. The van der Waals surface area contributed by atoms with Gasteiger partial charge >= 0.3 is 0 Å². The van der Waals surface area contributed by atoms with Crippen molar-refractivity contribution in [3.63, 3.8) is 0 Å². The predicted molar refractivity (Wildman–Crippen MR) is 64.5 cm³/mol. The van der Waals surface area contributed by atoms with Crippen molar-refractivity contribution in [3.05, 3.63) is 59.7 Å². The van der Waals surface area contributed by atoms with Crippen LogP contribution < -0.4 is 5.32 Å². The molecule has 18 heavy (non-hydrogen) atoms. The van der Waals surface area contributed by atoms with Crippen LogP contribution in [0.15, 0.2) is 42.7 Å². The first-order valence-electron chi connectivity index (χ1n) is 5.55. The largest absolute Gasteiger partial charge is 0.352 e. The van der Waals surface area contributed by atoms with E-state index in [0.717, 1.165) is 5.56 Å². The minimum absolute atomic E-state index is 0.207. The molecule has 0 bridgehead atoms. The molecule has 0 aliphatic rings. The molecular weight excluding hydrogens is 233 g/mol. The van der Waals surface area contributed by atoms with E-state index in [4.69, 9.17) is 0 Å². The molecule has 92 valence electrons. The Morgan fingerprint density at radius 2 is 2.17 bits per heavy atom. The highest BCUT2D eigenvalue weighted by Gasteiger charge is 2.04. The minimum Gasteiger partial charge on any atom is -0.352 e. The molecule has 0 saturated carbocycles. The van der Waals surface area contributed by atoms with Gasteiger partial charge in [-0.25, -0.2) is 4.39 Å². The normalized spacial score (nSPS) is 10.1. The van der Waals surface area contributed by atoms with Gasteiger partial charge in [-0.3, -0.25) is 4.79 Å². The molecule has 4 nitrogen and oxygen atoms in total. The van der Waals surface area contributed by atoms with E-state index in [9.17, 15) is 9.18 Å². The van der Waals surface area contributed by atoms with Crippen LogP contribution in [0.25, 0.3) is 0 Å². The number of carbonyl (C=O) groups excluding carboxylic acids is 1. The smallest absolute Gasteiger partial charge is 0.252 e. The van der Waals surface area contributed by atoms with Crippen molar-refractivity contribution in [2.45, 2.75) is 6.42 Å². The SMILES string of the molecule is O=C(NCCc1cccc(F)c1)c1ccnnc1. The van der Waals surface area contributed by atoms with Crippen LogP contribution in [0.4, 0.5) is 4.39 Å². The second-order valence-corrected chi connectivity index (χ2v) is 3.77. The second kappa shape index (κ2) is 5.86. The lowest BCUT2D eigenvalue weighted by atomic mass is 10.1. The van der Waals surface area contributed by atoms with Gasteiger partial charge in [-0.2, -0.15) is 10.2 Å². The van der Waals surface area contributed by atoms with E-state index in [1.807, 2.05) is 6.07 Å². The Morgan fingerprint density at radius 1 is 1.28 bits per heavy atom. The summed E-state index contributed by atoms with van der Waals surface area (Å²) in [5, 5.41) is 9.95. The zero-order valence-corrected chi connectivity index (χ0v) is 9.64. The van der Waals surface area contributed by atoms with Gasteiger partial charge in [0.05, 0.1) is 18.0 Å². The van der Waals surface area contributed by atoms with Crippen LogP contribution in [0, 0.1) is 5.82 Å². The number of hydrogen-bond donors (Lipinski definition) is 1. The Hall–Kier alpha value is -2.30. The van der Waals surface area contributed by atoms with E-state index in [2.05, 4.69) is 15.5 Å². The number of carbonyl (C=O) groups is 1. The molecule has 2 aromatic rings. The lowest BCUT2D eigenvalue weighted by molar-refractivity contribution is 0.0953. The van der Waals surface area contributed by atoms with Gasteiger partial charge in [0.15, 0.2) is 0 Å². The van der Waals surface area contributed by atoms with Crippen LogP contribution in [0.5, 0.6) is 0 Å². The molecule has 1 aromatic carbocycles. The Bertz CT molecular complexity index is 531. The van der Waals surface area contributed by atoms with Gasteiger partial charge < -0.3 is 5.32 Å². The molecule has 0 atom stereocenters. The minimum atomic E-state index is -0.267. The lowest BCUT2D eigenvalue weighted by Gasteiger charge is -2.04. The van der Waals surface area contributed by atoms with Crippen LogP contribution in [0.3, 0.4) is 0 Å². The quantitative estimate of drug-likeness (QED) is 0.889. The Morgan fingerprint density at radius 3 is 2.89 bits per heavy atom. The van der Waals surface area contributed by atoms with Gasteiger partial charge in [0.25, 0.3) is 5.91 Å². The summed E-state index contributed by atoms with van der Waals surface area (Å²) in [7, 11) is 0. The molecule has 1 aromatic heterocycles. The summed E-state index contributed by atoms with van der Waals surface area (Å²) < 4.78 is 12.9. The van der Waals surface area contributed by atoms with Crippen molar-refractivity contribution in [2.24, 2.45) is 0 Å². The molecule has 1 heterocycles. The topological polar surface area (TPSA) is 54.9 Å². The van der Waals surface area contributed by atoms with Crippen molar-refractivity contribution in [1.82, 2.24) is 15.5 Å². The first kappa shape index (κ1) is 12.2. The molecule has 0 fully saturated rings. The number of benzene rings is 1. The van der Waals surface area contributed by atoms with Crippen LogP contribution in [-0.4, -0.2) is 22.6 Å². The average molecular weight is 245 g/mol. The molecule has 0 unspecified atom stereocenters. The maximum Gasteiger partial charge on any atom is 0.252 e. The summed E-state index contributed by atoms with van der Waals surface area (Å²) >= 11 is 0. The summed E-state index contributed by atoms with van der Waals surface area (Å²) in [5.74, 6) is -0.474. The number of amides is 1.